The van der Waals surface area contributed by atoms with E-state index in [9.17, 15) is 9.59 Å². The molecule has 6 nitrogen and oxygen atoms in total. The number of carbonyl (C=O) groups excluding carboxylic acids is 2. The fourth-order valence-electron chi connectivity index (χ4n) is 4.26. The smallest absolute Gasteiger partial charge is 0.244 e. The number of hydrogen-bond donors (Lipinski definition) is 2. The van der Waals surface area contributed by atoms with Crippen LogP contribution in [0.15, 0.2) is 53.0 Å². The molecular formula is C23H25BrN4O2. The van der Waals surface area contributed by atoms with Gasteiger partial charge in [0.05, 0.1) is 6.04 Å². The largest absolute Gasteiger partial charge is 0.368 e. The summed E-state index contributed by atoms with van der Waals surface area (Å²) in [4.78, 5) is 26.7. The molecule has 0 bridgehead atoms. The second kappa shape index (κ2) is 8.62. The van der Waals surface area contributed by atoms with E-state index >= 15 is 0 Å². The number of rotatable bonds is 6. The fourth-order valence-corrected chi connectivity index (χ4v) is 4.81. The molecule has 1 saturated heterocycles. The molecule has 1 aromatic heterocycles. The molecule has 0 saturated carbocycles. The van der Waals surface area contributed by atoms with Crippen LogP contribution in [0.25, 0.3) is 10.9 Å². The van der Waals surface area contributed by atoms with Crippen molar-refractivity contribution in [3.8, 4) is 0 Å². The van der Waals surface area contributed by atoms with E-state index in [1.165, 1.54) is 0 Å². The van der Waals surface area contributed by atoms with E-state index in [1.807, 2.05) is 60.0 Å². The maximum Gasteiger partial charge on any atom is 0.244 e. The third-order valence-corrected chi connectivity index (χ3v) is 6.81. The van der Waals surface area contributed by atoms with Crippen LogP contribution in [0.3, 0.4) is 0 Å². The van der Waals surface area contributed by atoms with E-state index in [2.05, 4.69) is 26.1 Å². The Kier molecular flexibility index (Phi) is 5.92. The molecule has 30 heavy (non-hydrogen) atoms. The van der Waals surface area contributed by atoms with Crippen molar-refractivity contribution in [3.05, 3.63) is 64.3 Å². The number of benzene rings is 2. The van der Waals surface area contributed by atoms with Gasteiger partial charge in [0.1, 0.15) is 6.54 Å². The number of nitrogens with one attached hydrogen (secondary N) is 1. The summed E-state index contributed by atoms with van der Waals surface area (Å²) in [6.45, 7) is 3.64. The number of halogens is 1. The van der Waals surface area contributed by atoms with Crippen LogP contribution in [0.4, 0.5) is 5.69 Å². The Labute approximate surface area is 184 Å². The Morgan fingerprint density at radius 1 is 1.17 bits per heavy atom. The molecule has 3 aromatic rings. The third kappa shape index (κ3) is 4.00. The van der Waals surface area contributed by atoms with Crippen molar-refractivity contribution in [3.63, 3.8) is 0 Å². The van der Waals surface area contributed by atoms with Gasteiger partial charge in [-0.2, -0.15) is 0 Å². The minimum absolute atomic E-state index is 0.0910. The Morgan fingerprint density at radius 3 is 2.70 bits per heavy atom. The number of aromatic nitrogens is 1. The number of nitrogens with two attached hydrogens (primary N) is 1. The van der Waals surface area contributed by atoms with Crippen LogP contribution >= 0.6 is 15.9 Å². The number of carbonyl (C=O) groups is 2. The minimum Gasteiger partial charge on any atom is -0.368 e. The first-order chi connectivity index (χ1) is 14.5. The average molecular weight is 469 g/mol. The molecular weight excluding hydrogens is 444 g/mol. The van der Waals surface area contributed by atoms with E-state index in [4.69, 9.17) is 5.73 Å². The molecule has 1 aliphatic rings. The van der Waals surface area contributed by atoms with Crippen LogP contribution in [0.1, 0.15) is 24.1 Å². The molecule has 1 aliphatic heterocycles. The molecule has 0 aliphatic carbocycles. The van der Waals surface area contributed by atoms with Gasteiger partial charge in [-0.25, -0.2) is 0 Å². The molecule has 2 heterocycles. The number of likely N-dealkylation sites (tertiary alicyclic amines) is 1. The summed E-state index contributed by atoms with van der Waals surface area (Å²) in [5.41, 5.74) is 9.34. The summed E-state index contributed by atoms with van der Waals surface area (Å²) in [6, 6.07) is 15.5. The zero-order valence-electron chi connectivity index (χ0n) is 16.9. The van der Waals surface area contributed by atoms with E-state index in [-0.39, 0.29) is 24.4 Å². The number of anilines is 1. The lowest BCUT2D eigenvalue weighted by atomic mass is 10.1. The summed E-state index contributed by atoms with van der Waals surface area (Å²) in [5.74, 6) is -0.374. The summed E-state index contributed by atoms with van der Waals surface area (Å²) in [6.07, 6.45) is 1.75. The Balaban J connectivity index is 1.52. The number of nitrogens with zero attached hydrogens (tertiary/aromatic N) is 2. The van der Waals surface area contributed by atoms with E-state index < -0.39 is 0 Å². The van der Waals surface area contributed by atoms with Gasteiger partial charge in [-0.05, 0) is 59.9 Å². The van der Waals surface area contributed by atoms with Gasteiger partial charge in [-0.3, -0.25) is 14.5 Å². The lowest BCUT2D eigenvalue weighted by molar-refractivity contribution is -0.122. The highest BCUT2D eigenvalue weighted by Crippen LogP contribution is 2.30. The standard InChI is InChI=1S/C23H25BrN4O2/c1-15-22(24)17-8-3-5-10-19(17)28(15)14-21(29)26-18-9-4-2-7-16(18)13-27-12-6-11-20(27)23(25)30/h2-5,7-10,20H,6,11-14H2,1H3,(H2,25,30)(H,26,29). The molecule has 156 valence electrons. The van der Waals surface area contributed by atoms with Crippen molar-refractivity contribution >= 4 is 44.3 Å². The van der Waals surface area contributed by atoms with E-state index in [1.54, 1.807) is 0 Å². The lowest BCUT2D eigenvalue weighted by Crippen LogP contribution is -2.39. The number of para-hydroxylation sites is 2. The topological polar surface area (TPSA) is 80.4 Å². The van der Waals surface area contributed by atoms with Crippen molar-refractivity contribution < 1.29 is 9.59 Å². The predicted molar refractivity (Wildman–Crippen MR) is 122 cm³/mol. The molecule has 7 heteroatoms. The second-order valence-electron chi connectivity index (χ2n) is 7.74. The number of hydrogen-bond acceptors (Lipinski definition) is 3. The third-order valence-electron chi connectivity index (χ3n) is 5.81. The van der Waals surface area contributed by atoms with Crippen molar-refractivity contribution in [2.45, 2.75) is 38.9 Å². The summed E-state index contributed by atoms with van der Waals surface area (Å²) < 4.78 is 3.03. The van der Waals surface area contributed by atoms with Crippen LogP contribution in [0.5, 0.6) is 0 Å². The van der Waals surface area contributed by atoms with Crippen LogP contribution in [0, 0.1) is 6.92 Å². The van der Waals surface area contributed by atoms with Gasteiger partial charge in [0.2, 0.25) is 11.8 Å². The van der Waals surface area contributed by atoms with Gasteiger partial charge in [0.25, 0.3) is 0 Å². The van der Waals surface area contributed by atoms with Crippen LogP contribution < -0.4 is 11.1 Å². The Bertz CT molecular complexity index is 1110. The fraction of sp³-hybridized carbons (Fsp3) is 0.304. The molecule has 0 radical (unpaired) electrons. The van der Waals surface area contributed by atoms with Crippen molar-refractivity contribution in [1.29, 1.82) is 0 Å². The highest BCUT2D eigenvalue weighted by molar-refractivity contribution is 9.10. The van der Waals surface area contributed by atoms with Gasteiger partial charge >= 0.3 is 0 Å². The zero-order valence-corrected chi connectivity index (χ0v) is 18.5. The lowest BCUT2D eigenvalue weighted by Gasteiger charge is -2.23. The zero-order chi connectivity index (χ0) is 21.3. The van der Waals surface area contributed by atoms with Gasteiger partial charge in [0, 0.05) is 33.3 Å². The maximum absolute atomic E-state index is 12.9. The molecule has 2 amide bonds. The van der Waals surface area contributed by atoms with Crippen LogP contribution in [-0.2, 0) is 22.7 Å². The maximum atomic E-state index is 12.9. The molecule has 0 spiro atoms. The van der Waals surface area contributed by atoms with Crippen LogP contribution in [-0.4, -0.2) is 33.9 Å². The first kappa shape index (κ1) is 20.6. The van der Waals surface area contributed by atoms with Crippen molar-refractivity contribution in [2.75, 3.05) is 11.9 Å². The molecule has 1 unspecified atom stereocenters. The normalized spacial score (nSPS) is 16.8. The summed E-state index contributed by atoms with van der Waals surface area (Å²) in [7, 11) is 0. The molecule has 4 rings (SSSR count). The SMILES string of the molecule is Cc1c(Br)c2ccccc2n1CC(=O)Nc1ccccc1CN1CCCC1C(N)=O. The van der Waals surface area contributed by atoms with Gasteiger partial charge < -0.3 is 15.6 Å². The summed E-state index contributed by atoms with van der Waals surface area (Å²) >= 11 is 3.64. The van der Waals surface area contributed by atoms with Gasteiger partial charge in [-0.15, -0.1) is 0 Å². The van der Waals surface area contributed by atoms with Gasteiger partial charge in [-0.1, -0.05) is 36.4 Å². The number of primary amides is 1. The van der Waals surface area contributed by atoms with Gasteiger partial charge in [0.15, 0.2) is 0 Å². The average Bonchev–Trinajstić information content (AvgIpc) is 3.29. The highest BCUT2D eigenvalue weighted by Gasteiger charge is 2.29. The van der Waals surface area contributed by atoms with Crippen LogP contribution in [0.2, 0.25) is 0 Å². The minimum atomic E-state index is -0.283. The van der Waals surface area contributed by atoms with Crippen molar-refractivity contribution in [1.82, 2.24) is 9.47 Å². The molecule has 3 N–H and O–H groups in total. The van der Waals surface area contributed by atoms with E-state index in [0.29, 0.717) is 6.54 Å². The Morgan fingerprint density at radius 2 is 1.90 bits per heavy atom. The molecule has 2 aromatic carbocycles. The second-order valence-corrected chi connectivity index (χ2v) is 8.53. The predicted octanol–water partition coefficient (Wildman–Crippen LogP) is 3.80. The molecule has 1 atom stereocenters. The first-order valence-corrected chi connectivity index (χ1v) is 10.9. The Hall–Kier alpha value is -2.64. The monoisotopic (exact) mass is 468 g/mol. The quantitative estimate of drug-likeness (QED) is 0.577. The first-order valence-electron chi connectivity index (χ1n) is 10.1. The number of fused-ring (bicyclic) bond motifs is 1. The molecule has 1 fully saturated rings. The number of amides is 2. The van der Waals surface area contributed by atoms with E-state index in [0.717, 1.165) is 51.7 Å². The van der Waals surface area contributed by atoms with Crippen molar-refractivity contribution in [2.24, 2.45) is 5.73 Å². The summed E-state index contributed by atoms with van der Waals surface area (Å²) in [5, 5.41) is 4.15. The highest BCUT2D eigenvalue weighted by atomic mass is 79.9.